The van der Waals surface area contributed by atoms with E-state index in [1.807, 2.05) is 0 Å². The molecule has 0 bridgehead atoms. The van der Waals surface area contributed by atoms with E-state index in [2.05, 4.69) is 6.92 Å². The van der Waals surface area contributed by atoms with Crippen molar-refractivity contribution in [2.45, 2.75) is 56.3 Å². The smallest absolute Gasteiger partial charge is 0.299 e. The summed E-state index contributed by atoms with van der Waals surface area (Å²) in [5, 5.41) is 0. The molecule has 0 N–H and O–H groups in total. The Balaban J connectivity index is 1.72. The number of carbonyl (C=O) groups is 1. The summed E-state index contributed by atoms with van der Waals surface area (Å²) >= 11 is 0. The van der Waals surface area contributed by atoms with Crippen molar-refractivity contribution in [3.8, 4) is 0 Å². The first-order valence-corrected chi connectivity index (χ1v) is 9.80. The van der Waals surface area contributed by atoms with E-state index in [1.54, 1.807) is 6.07 Å². The van der Waals surface area contributed by atoms with Gasteiger partial charge in [0.25, 0.3) is 0 Å². The van der Waals surface area contributed by atoms with Crippen LogP contribution in [-0.2, 0) is 21.4 Å². The zero-order chi connectivity index (χ0) is 16.4. The highest BCUT2D eigenvalue weighted by molar-refractivity contribution is 7.86. The molecule has 1 aromatic rings. The van der Waals surface area contributed by atoms with Crippen LogP contribution in [0, 0.1) is 17.3 Å². The van der Waals surface area contributed by atoms with Crippen LogP contribution < -0.4 is 0 Å². The number of ketones is 1. The molecule has 0 saturated heterocycles. The second kappa shape index (κ2) is 4.88. The molecule has 3 nitrogen and oxygen atoms in total. The summed E-state index contributed by atoms with van der Waals surface area (Å²) in [6.45, 7) is 2.14. The second-order valence-electron chi connectivity index (χ2n) is 7.63. The van der Waals surface area contributed by atoms with Gasteiger partial charge in [0.1, 0.15) is 5.78 Å². The molecule has 0 aromatic heterocycles. The van der Waals surface area contributed by atoms with E-state index < -0.39 is 10.2 Å². The lowest BCUT2D eigenvalue weighted by atomic mass is 9.55. The highest BCUT2D eigenvalue weighted by Crippen LogP contribution is 2.59. The van der Waals surface area contributed by atoms with Crippen LogP contribution in [0.5, 0.6) is 0 Å². The fraction of sp³-hybridized carbons (Fsp3) is 0.611. The van der Waals surface area contributed by atoms with Crippen molar-refractivity contribution >= 4 is 16.0 Å². The summed E-state index contributed by atoms with van der Waals surface area (Å²) in [4.78, 5) is 12.1. The van der Waals surface area contributed by atoms with Crippen LogP contribution >= 0.6 is 0 Å². The van der Waals surface area contributed by atoms with Crippen molar-refractivity contribution in [3.05, 3.63) is 29.3 Å². The Morgan fingerprint density at radius 2 is 1.96 bits per heavy atom. The highest BCUT2D eigenvalue weighted by Gasteiger charge is 2.54. The van der Waals surface area contributed by atoms with Crippen molar-refractivity contribution in [2.75, 3.05) is 0 Å². The summed E-state index contributed by atoms with van der Waals surface area (Å²) < 4.78 is 35.5. The highest BCUT2D eigenvalue weighted by atomic mass is 32.3. The number of carbonyl (C=O) groups excluding carboxylic acids is 1. The van der Waals surface area contributed by atoms with Crippen LogP contribution in [-0.4, -0.2) is 14.2 Å². The summed E-state index contributed by atoms with van der Waals surface area (Å²) in [7, 11) is -4.64. The van der Waals surface area contributed by atoms with Gasteiger partial charge >= 0.3 is 10.2 Å². The molecule has 0 amide bonds. The molecule has 2 saturated carbocycles. The monoisotopic (exact) mass is 336 g/mol. The van der Waals surface area contributed by atoms with Gasteiger partial charge in [-0.25, -0.2) is 0 Å². The van der Waals surface area contributed by atoms with Gasteiger partial charge in [0.15, 0.2) is 0 Å². The summed E-state index contributed by atoms with van der Waals surface area (Å²) in [5.74, 6) is 1.76. The summed E-state index contributed by atoms with van der Waals surface area (Å²) in [5.41, 5.74) is 1.99. The third kappa shape index (κ3) is 2.19. The van der Waals surface area contributed by atoms with Gasteiger partial charge in [0.2, 0.25) is 0 Å². The molecule has 0 radical (unpaired) electrons. The first kappa shape index (κ1) is 15.3. The van der Waals surface area contributed by atoms with Gasteiger partial charge in [-0.2, -0.15) is 8.42 Å². The van der Waals surface area contributed by atoms with Crippen LogP contribution in [0.1, 0.15) is 56.1 Å². The lowest BCUT2D eigenvalue weighted by molar-refractivity contribution is -0.129. The molecule has 0 spiro atoms. The maximum atomic E-state index is 13.2. The fourth-order valence-corrected chi connectivity index (χ4v) is 6.00. The molecular formula is C18H21FO3S. The second-order valence-corrected chi connectivity index (χ2v) is 8.98. The molecule has 0 aliphatic heterocycles. The van der Waals surface area contributed by atoms with Crippen LogP contribution in [0.15, 0.2) is 23.1 Å². The Bertz CT molecular complexity index is 785. The number of hydrogen-bond donors (Lipinski definition) is 0. The molecule has 124 valence electrons. The maximum absolute atomic E-state index is 13.2. The van der Waals surface area contributed by atoms with Crippen molar-refractivity contribution in [1.29, 1.82) is 0 Å². The van der Waals surface area contributed by atoms with Gasteiger partial charge in [-0.15, -0.1) is 3.89 Å². The SMILES string of the molecule is C[C@]12CC[C@@H]3c4ccc(S(=O)(=O)F)cc4CC[C@H]3[C@@H]1CCC2=O. The Hall–Kier alpha value is -1.23. The minimum Gasteiger partial charge on any atom is -0.299 e. The zero-order valence-corrected chi connectivity index (χ0v) is 14.0. The Labute approximate surface area is 136 Å². The molecule has 4 rings (SSSR count). The number of halogens is 1. The van der Waals surface area contributed by atoms with Crippen LogP contribution in [0.25, 0.3) is 0 Å². The van der Waals surface area contributed by atoms with Gasteiger partial charge in [0, 0.05) is 11.8 Å². The van der Waals surface area contributed by atoms with Crippen molar-refractivity contribution < 1.29 is 17.1 Å². The van der Waals surface area contributed by atoms with E-state index in [1.165, 1.54) is 17.7 Å². The quantitative estimate of drug-likeness (QED) is 0.734. The standard InChI is InChI=1S/C18H21FO3S/c1-18-9-8-14-13-5-3-12(23(19,21)22)10-11(13)2-4-15(14)16(18)6-7-17(18)20/h3,5,10,14-16H,2,4,6-9H2,1H3/t14-,15-,16+,18+/m1/s1. The number of rotatable bonds is 1. The zero-order valence-electron chi connectivity index (χ0n) is 13.2. The molecule has 0 heterocycles. The normalized spacial score (nSPS) is 36.3. The number of fused-ring (bicyclic) bond motifs is 5. The predicted octanol–water partition coefficient (Wildman–Crippen LogP) is 3.77. The Morgan fingerprint density at radius 3 is 2.70 bits per heavy atom. The summed E-state index contributed by atoms with van der Waals surface area (Å²) in [6, 6.07) is 4.71. The van der Waals surface area contributed by atoms with Crippen molar-refractivity contribution in [2.24, 2.45) is 17.3 Å². The molecule has 23 heavy (non-hydrogen) atoms. The molecule has 1 aromatic carbocycles. The Morgan fingerprint density at radius 1 is 1.17 bits per heavy atom. The molecule has 3 aliphatic rings. The first-order chi connectivity index (χ1) is 10.8. The topological polar surface area (TPSA) is 51.2 Å². The van der Waals surface area contributed by atoms with Crippen molar-refractivity contribution in [1.82, 2.24) is 0 Å². The van der Waals surface area contributed by atoms with E-state index in [4.69, 9.17) is 0 Å². The third-order valence-corrected chi connectivity index (χ3v) is 7.51. The van der Waals surface area contributed by atoms with E-state index in [-0.39, 0.29) is 10.3 Å². The van der Waals surface area contributed by atoms with Gasteiger partial charge in [-0.1, -0.05) is 13.0 Å². The lowest BCUT2D eigenvalue weighted by Crippen LogP contribution is -2.42. The maximum Gasteiger partial charge on any atom is 0.332 e. The first-order valence-electron chi connectivity index (χ1n) is 8.41. The van der Waals surface area contributed by atoms with Crippen LogP contribution in [0.4, 0.5) is 3.89 Å². The predicted molar refractivity (Wildman–Crippen MR) is 84.4 cm³/mol. The van der Waals surface area contributed by atoms with E-state index in [0.29, 0.717) is 30.0 Å². The van der Waals surface area contributed by atoms with Crippen molar-refractivity contribution in [3.63, 3.8) is 0 Å². The molecule has 5 heteroatoms. The van der Waals surface area contributed by atoms with E-state index in [0.717, 1.165) is 37.7 Å². The lowest BCUT2D eigenvalue weighted by Gasteiger charge is -2.48. The van der Waals surface area contributed by atoms with E-state index in [9.17, 15) is 17.1 Å². The van der Waals surface area contributed by atoms with Gasteiger partial charge < -0.3 is 0 Å². The molecular weight excluding hydrogens is 315 g/mol. The number of benzene rings is 1. The van der Waals surface area contributed by atoms with Crippen LogP contribution in [0.3, 0.4) is 0 Å². The van der Waals surface area contributed by atoms with Gasteiger partial charge in [-0.05, 0) is 73.1 Å². The molecule has 4 atom stereocenters. The minimum atomic E-state index is -4.64. The average Bonchev–Trinajstić information content (AvgIpc) is 2.81. The third-order valence-electron chi connectivity index (χ3n) is 6.69. The van der Waals surface area contributed by atoms with E-state index >= 15 is 0 Å². The average molecular weight is 336 g/mol. The number of Topliss-reactive ketones (excluding diaryl/α,β-unsaturated/α-hetero) is 1. The molecule has 2 fully saturated rings. The Kier molecular flexibility index (Phi) is 3.25. The fourth-order valence-electron chi connectivity index (χ4n) is 5.48. The molecule has 0 unspecified atom stereocenters. The number of hydrogen-bond acceptors (Lipinski definition) is 3. The minimum absolute atomic E-state index is 0.152. The number of aryl methyl sites for hydroxylation is 1. The molecule has 3 aliphatic carbocycles. The van der Waals surface area contributed by atoms with Gasteiger partial charge in [0.05, 0.1) is 4.90 Å². The van der Waals surface area contributed by atoms with Crippen LogP contribution in [0.2, 0.25) is 0 Å². The van der Waals surface area contributed by atoms with Gasteiger partial charge in [-0.3, -0.25) is 4.79 Å². The largest absolute Gasteiger partial charge is 0.332 e. The summed E-state index contributed by atoms with van der Waals surface area (Å²) in [6.07, 6.45) is 5.33.